The molecule has 0 aromatic heterocycles. The lowest BCUT2D eigenvalue weighted by Gasteiger charge is -2.19. The molecule has 1 heterocycles. The number of hydrogen-bond acceptors (Lipinski definition) is 5. The van der Waals surface area contributed by atoms with Crippen LogP contribution in [0.15, 0.2) is 54.2 Å². The summed E-state index contributed by atoms with van der Waals surface area (Å²) in [5.41, 5.74) is 1.80. The number of anilines is 1. The number of amides is 2. The second kappa shape index (κ2) is 8.82. The molecule has 0 aliphatic carbocycles. The van der Waals surface area contributed by atoms with E-state index in [0.717, 1.165) is 6.42 Å². The van der Waals surface area contributed by atoms with Crippen molar-refractivity contribution >= 4 is 23.1 Å². The van der Waals surface area contributed by atoms with Crippen molar-refractivity contribution in [2.24, 2.45) is 0 Å². The number of rotatable bonds is 8. The van der Waals surface area contributed by atoms with Crippen LogP contribution in [-0.2, 0) is 9.59 Å². The number of carbonyl (C=O) groups is 2. The highest BCUT2D eigenvalue weighted by atomic mass is 16.5. The number of para-hydroxylation sites is 1. The highest BCUT2D eigenvalue weighted by Crippen LogP contribution is 2.36. The van der Waals surface area contributed by atoms with Gasteiger partial charge in [-0.15, -0.1) is 0 Å². The van der Waals surface area contributed by atoms with Gasteiger partial charge in [0.15, 0.2) is 0 Å². The molecule has 2 aromatic carbocycles. The average molecular weight is 394 g/mol. The fourth-order valence-electron chi connectivity index (χ4n) is 3.26. The zero-order chi connectivity index (χ0) is 21.0. The van der Waals surface area contributed by atoms with E-state index in [1.807, 2.05) is 57.2 Å². The predicted octanol–water partition coefficient (Wildman–Crippen LogP) is 4.08. The van der Waals surface area contributed by atoms with E-state index in [1.165, 1.54) is 4.90 Å². The van der Waals surface area contributed by atoms with E-state index in [2.05, 4.69) is 5.32 Å². The number of ether oxygens (including phenoxy) is 2. The Hall–Kier alpha value is -3.28. The number of hydrogen-bond donors (Lipinski definition) is 1. The summed E-state index contributed by atoms with van der Waals surface area (Å²) in [6.45, 7) is 6.28. The first kappa shape index (κ1) is 20.5. The average Bonchev–Trinajstić information content (AvgIpc) is 2.96. The first-order chi connectivity index (χ1) is 14.0. The van der Waals surface area contributed by atoms with Crippen molar-refractivity contribution in [2.75, 3.05) is 19.0 Å². The van der Waals surface area contributed by atoms with E-state index >= 15 is 0 Å². The van der Waals surface area contributed by atoms with E-state index < -0.39 is 0 Å². The molecule has 29 heavy (non-hydrogen) atoms. The third-order valence-electron chi connectivity index (χ3n) is 4.58. The zero-order valence-corrected chi connectivity index (χ0v) is 17.2. The molecular formula is C23H26N2O4. The molecule has 0 spiro atoms. The van der Waals surface area contributed by atoms with Gasteiger partial charge in [0, 0.05) is 23.4 Å². The summed E-state index contributed by atoms with van der Waals surface area (Å²) in [5, 5.41) is 3.15. The van der Waals surface area contributed by atoms with Crippen LogP contribution in [-0.4, -0.2) is 36.5 Å². The van der Waals surface area contributed by atoms with Crippen LogP contribution in [0.5, 0.6) is 11.5 Å². The van der Waals surface area contributed by atoms with Crippen molar-refractivity contribution in [3.05, 3.63) is 59.8 Å². The summed E-state index contributed by atoms with van der Waals surface area (Å²) in [5.74, 6) is 0.545. The van der Waals surface area contributed by atoms with Gasteiger partial charge in [0.1, 0.15) is 17.2 Å². The molecule has 6 nitrogen and oxygen atoms in total. The molecular weight excluding hydrogens is 368 g/mol. The number of benzene rings is 2. The number of imide groups is 1. The summed E-state index contributed by atoms with van der Waals surface area (Å²) in [7, 11) is 1.54. The van der Waals surface area contributed by atoms with E-state index in [9.17, 15) is 9.59 Å². The monoisotopic (exact) mass is 394 g/mol. The third-order valence-corrected chi connectivity index (χ3v) is 4.58. The summed E-state index contributed by atoms with van der Waals surface area (Å²) >= 11 is 0. The normalized spacial score (nSPS) is 14.0. The molecule has 6 heteroatoms. The molecule has 152 valence electrons. The van der Waals surface area contributed by atoms with Crippen LogP contribution in [0.4, 0.5) is 5.69 Å². The molecule has 3 rings (SSSR count). The second-order valence-electron chi connectivity index (χ2n) is 7.03. The SMILES string of the molecule is CCCOc1cccc(NC2=C(c3ccccc3OC)C(=O)N(C(C)C)C2=O)c1. The van der Waals surface area contributed by atoms with Gasteiger partial charge in [-0.2, -0.15) is 0 Å². The molecule has 1 aliphatic heterocycles. The van der Waals surface area contributed by atoms with E-state index in [-0.39, 0.29) is 23.6 Å². The van der Waals surface area contributed by atoms with Gasteiger partial charge >= 0.3 is 0 Å². The molecule has 0 saturated carbocycles. The Bertz CT molecular complexity index is 949. The molecule has 0 unspecified atom stereocenters. The van der Waals surface area contributed by atoms with E-state index in [4.69, 9.17) is 9.47 Å². The molecule has 1 N–H and O–H groups in total. The topological polar surface area (TPSA) is 67.9 Å². The van der Waals surface area contributed by atoms with Crippen LogP contribution >= 0.6 is 0 Å². The Labute approximate surface area is 171 Å². The Morgan fingerprint density at radius 2 is 1.79 bits per heavy atom. The minimum Gasteiger partial charge on any atom is -0.496 e. The number of nitrogens with one attached hydrogen (secondary N) is 1. The van der Waals surface area contributed by atoms with Crippen molar-refractivity contribution in [1.82, 2.24) is 4.90 Å². The maximum absolute atomic E-state index is 13.2. The molecule has 0 bridgehead atoms. The quantitative estimate of drug-likeness (QED) is 0.683. The molecule has 0 radical (unpaired) electrons. The Kier molecular flexibility index (Phi) is 6.22. The van der Waals surface area contributed by atoms with Crippen molar-refractivity contribution in [3.63, 3.8) is 0 Å². The Balaban J connectivity index is 2.07. The van der Waals surface area contributed by atoms with Gasteiger partial charge in [-0.25, -0.2) is 0 Å². The number of methoxy groups -OCH3 is 1. The Morgan fingerprint density at radius 3 is 2.48 bits per heavy atom. The van der Waals surface area contributed by atoms with Crippen molar-refractivity contribution in [3.8, 4) is 11.5 Å². The first-order valence-electron chi connectivity index (χ1n) is 9.73. The van der Waals surface area contributed by atoms with Crippen molar-refractivity contribution in [1.29, 1.82) is 0 Å². The van der Waals surface area contributed by atoms with Gasteiger partial charge in [0.05, 0.1) is 19.3 Å². The minimum absolute atomic E-state index is 0.237. The van der Waals surface area contributed by atoms with Crippen LogP contribution in [0, 0.1) is 0 Å². The second-order valence-corrected chi connectivity index (χ2v) is 7.03. The fourth-order valence-corrected chi connectivity index (χ4v) is 3.26. The molecule has 1 aliphatic rings. The lowest BCUT2D eigenvalue weighted by Crippen LogP contribution is -2.38. The van der Waals surface area contributed by atoms with Gasteiger partial charge in [0.25, 0.3) is 11.8 Å². The van der Waals surface area contributed by atoms with Gasteiger partial charge in [-0.1, -0.05) is 31.2 Å². The highest BCUT2D eigenvalue weighted by Gasteiger charge is 2.41. The maximum Gasteiger partial charge on any atom is 0.278 e. The van der Waals surface area contributed by atoms with Gasteiger partial charge < -0.3 is 14.8 Å². The van der Waals surface area contributed by atoms with Gasteiger partial charge in [0.2, 0.25) is 0 Å². The number of carbonyl (C=O) groups excluding carboxylic acids is 2. The van der Waals surface area contributed by atoms with E-state index in [1.54, 1.807) is 19.2 Å². The standard InChI is InChI=1S/C23H26N2O4/c1-5-13-29-17-10-8-9-16(14-17)24-21-20(18-11-6-7-12-19(18)28-4)22(26)25(15(2)3)23(21)27/h6-12,14-15,24H,5,13H2,1-4H3. The maximum atomic E-state index is 13.2. The lowest BCUT2D eigenvalue weighted by molar-refractivity contribution is -0.138. The number of nitrogens with zero attached hydrogens (tertiary/aromatic N) is 1. The minimum atomic E-state index is -0.356. The third kappa shape index (κ3) is 4.11. The lowest BCUT2D eigenvalue weighted by atomic mass is 10.0. The predicted molar refractivity (Wildman–Crippen MR) is 113 cm³/mol. The molecule has 2 amide bonds. The van der Waals surface area contributed by atoms with Gasteiger partial charge in [-0.05, 0) is 38.5 Å². The van der Waals surface area contributed by atoms with Crippen molar-refractivity contribution < 1.29 is 19.1 Å². The van der Waals surface area contributed by atoms with Crippen LogP contribution in [0.3, 0.4) is 0 Å². The summed E-state index contributed by atoms with van der Waals surface area (Å²) in [6.07, 6.45) is 0.900. The zero-order valence-electron chi connectivity index (χ0n) is 17.2. The van der Waals surface area contributed by atoms with Crippen LogP contribution in [0.2, 0.25) is 0 Å². The molecule has 0 saturated heterocycles. The smallest absolute Gasteiger partial charge is 0.278 e. The van der Waals surface area contributed by atoms with Gasteiger partial charge in [-0.3, -0.25) is 14.5 Å². The van der Waals surface area contributed by atoms with Crippen LogP contribution in [0.1, 0.15) is 32.8 Å². The van der Waals surface area contributed by atoms with E-state index in [0.29, 0.717) is 34.9 Å². The molecule has 0 fully saturated rings. The van der Waals surface area contributed by atoms with Crippen LogP contribution < -0.4 is 14.8 Å². The fraction of sp³-hybridized carbons (Fsp3) is 0.304. The van der Waals surface area contributed by atoms with Crippen LogP contribution in [0.25, 0.3) is 5.57 Å². The molecule has 0 atom stereocenters. The first-order valence-corrected chi connectivity index (χ1v) is 9.73. The molecule has 2 aromatic rings. The summed E-state index contributed by atoms with van der Waals surface area (Å²) < 4.78 is 11.1. The largest absolute Gasteiger partial charge is 0.496 e. The Morgan fingerprint density at radius 1 is 1.03 bits per heavy atom. The summed E-state index contributed by atoms with van der Waals surface area (Å²) in [4.78, 5) is 27.5. The summed E-state index contributed by atoms with van der Waals surface area (Å²) in [6, 6.07) is 14.3. The van der Waals surface area contributed by atoms with Crippen molar-refractivity contribution in [2.45, 2.75) is 33.2 Å². The highest BCUT2D eigenvalue weighted by molar-refractivity contribution is 6.37.